The molecule has 1 aromatic rings. The SMILES string of the molecule is C1CCNC(c2noc(C3C4CCCC43)n2)CC1. The molecule has 3 aliphatic rings. The number of hydrogen-bond acceptors (Lipinski definition) is 4. The van der Waals surface area contributed by atoms with Crippen molar-refractivity contribution >= 4 is 0 Å². The minimum Gasteiger partial charge on any atom is -0.339 e. The average molecular weight is 247 g/mol. The van der Waals surface area contributed by atoms with Crippen LogP contribution in [0.1, 0.15) is 68.6 Å². The molecule has 0 radical (unpaired) electrons. The molecule has 4 heteroatoms. The first kappa shape index (κ1) is 11.0. The van der Waals surface area contributed by atoms with E-state index in [1.54, 1.807) is 0 Å². The van der Waals surface area contributed by atoms with Gasteiger partial charge in [-0.05, 0) is 44.1 Å². The molecule has 3 fully saturated rings. The Morgan fingerprint density at radius 1 is 1.00 bits per heavy atom. The molecule has 0 bridgehead atoms. The first-order valence-corrected chi connectivity index (χ1v) is 7.50. The summed E-state index contributed by atoms with van der Waals surface area (Å²) in [6.45, 7) is 1.09. The van der Waals surface area contributed by atoms with Crippen LogP contribution in [0.5, 0.6) is 0 Å². The first-order chi connectivity index (χ1) is 8.93. The van der Waals surface area contributed by atoms with E-state index in [4.69, 9.17) is 4.52 Å². The Morgan fingerprint density at radius 3 is 2.78 bits per heavy atom. The van der Waals surface area contributed by atoms with Gasteiger partial charge in [0.05, 0.1) is 6.04 Å². The summed E-state index contributed by atoms with van der Waals surface area (Å²) in [6.07, 6.45) is 9.15. The molecule has 4 nitrogen and oxygen atoms in total. The Morgan fingerprint density at radius 2 is 1.89 bits per heavy atom. The maximum absolute atomic E-state index is 5.52. The number of nitrogens with one attached hydrogen (secondary N) is 1. The highest BCUT2D eigenvalue weighted by molar-refractivity contribution is 5.16. The zero-order valence-electron chi connectivity index (χ0n) is 10.8. The zero-order chi connectivity index (χ0) is 11.9. The molecule has 18 heavy (non-hydrogen) atoms. The van der Waals surface area contributed by atoms with Crippen LogP contribution in [0.15, 0.2) is 4.52 Å². The molecule has 0 spiro atoms. The molecule has 4 rings (SSSR count). The van der Waals surface area contributed by atoms with Gasteiger partial charge in [0, 0.05) is 5.92 Å². The summed E-state index contributed by atoms with van der Waals surface area (Å²) >= 11 is 0. The summed E-state index contributed by atoms with van der Waals surface area (Å²) in [5.41, 5.74) is 0. The lowest BCUT2D eigenvalue weighted by molar-refractivity contribution is 0.355. The van der Waals surface area contributed by atoms with Gasteiger partial charge in [-0.3, -0.25) is 0 Å². The molecule has 3 atom stereocenters. The lowest BCUT2D eigenvalue weighted by Crippen LogP contribution is -2.21. The van der Waals surface area contributed by atoms with Crippen molar-refractivity contribution < 1.29 is 4.52 Å². The molecule has 1 saturated heterocycles. The van der Waals surface area contributed by atoms with Gasteiger partial charge in [0.2, 0.25) is 5.89 Å². The monoisotopic (exact) mass is 247 g/mol. The summed E-state index contributed by atoms with van der Waals surface area (Å²) < 4.78 is 5.52. The normalized spacial score (nSPS) is 39.3. The van der Waals surface area contributed by atoms with Gasteiger partial charge in [0.25, 0.3) is 0 Å². The standard InChI is InChI=1S/C14H21N3O/c1-2-7-11(15-8-3-1)13-16-14(18-17-13)12-9-5-4-6-10(9)12/h9-12,15H,1-8H2. The zero-order valence-corrected chi connectivity index (χ0v) is 10.8. The molecule has 3 unspecified atom stereocenters. The van der Waals surface area contributed by atoms with Crippen LogP contribution in [0, 0.1) is 11.8 Å². The van der Waals surface area contributed by atoms with Crippen LogP contribution < -0.4 is 5.32 Å². The lowest BCUT2D eigenvalue weighted by atomic mass is 10.1. The van der Waals surface area contributed by atoms with Crippen LogP contribution in [0.4, 0.5) is 0 Å². The third-order valence-corrected chi connectivity index (χ3v) is 5.02. The van der Waals surface area contributed by atoms with E-state index < -0.39 is 0 Å². The van der Waals surface area contributed by atoms with Crippen molar-refractivity contribution in [1.82, 2.24) is 15.5 Å². The fraction of sp³-hybridized carbons (Fsp3) is 0.857. The molecule has 0 aromatic carbocycles. The molecule has 2 heterocycles. The van der Waals surface area contributed by atoms with Crippen molar-refractivity contribution in [2.24, 2.45) is 11.8 Å². The molecule has 1 N–H and O–H groups in total. The summed E-state index contributed by atoms with van der Waals surface area (Å²) in [6, 6.07) is 0.323. The van der Waals surface area contributed by atoms with E-state index in [9.17, 15) is 0 Å². The highest BCUT2D eigenvalue weighted by atomic mass is 16.5. The van der Waals surface area contributed by atoms with E-state index in [-0.39, 0.29) is 0 Å². The van der Waals surface area contributed by atoms with Gasteiger partial charge in [0.1, 0.15) is 0 Å². The van der Waals surface area contributed by atoms with Crippen molar-refractivity contribution in [3.05, 3.63) is 11.7 Å². The Balaban J connectivity index is 1.48. The van der Waals surface area contributed by atoms with Crippen LogP contribution in [0.2, 0.25) is 0 Å². The Labute approximate surface area is 108 Å². The van der Waals surface area contributed by atoms with E-state index >= 15 is 0 Å². The molecular weight excluding hydrogens is 226 g/mol. The van der Waals surface area contributed by atoms with Gasteiger partial charge in [-0.2, -0.15) is 4.98 Å². The van der Waals surface area contributed by atoms with Crippen molar-refractivity contribution in [2.45, 2.75) is 56.9 Å². The van der Waals surface area contributed by atoms with E-state index in [1.165, 1.54) is 38.5 Å². The van der Waals surface area contributed by atoms with E-state index in [0.717, 1.165) is 36.5 Å². The second-order valence-electron chi connectivity index (χ2n) is 6.13. The lowest BCUT2D eigenvalue weighted by Gasteiger charge is -2.09. The van der Waals surface area contributed by atoms with Crippen LogP contribution in [-0.2, 0) is 0 Å². The summed E-state index contributed by atoms with van der Waals surface area (Å²) in [7, 11) is 0. The maximum atomic E-state index is 5.52. The average Bonchev–Trinajstić information content (AvgIpc) is 2.72. The number of rotatable bonds is 2. The summed E-state index contributed by atoms with van der Waals surface area (Å²) in [5, 5.41) is 7.76. The number of aromatic nitrogens is 2. The van der Waals surface area contributed by atoms with Gasteiger partial charge in [-0.25, -0.2) is 0 Å². The largest absolute Gasteiger partial charge is 0.339 e. The number of hydrogen-bond donors (Lipinski definition) is 1. The quantitative estimate of drug-likeness (QED) is 0.873. The number of fused-ring (bicyclic) bond motifs is 1. The highest BCUT2D eigenvalue weighted by Crippen LogP contribution is 2.62. The Hall–Kier alpha value is -0.900. The molecular formula is C14H21N3O. The van der Waals surface area contributed by atoms with Crippen LogP contribution in [0.3, 0.4) is 0 Å². The predicted octanol–water partition coefficient (Wildman–Crippen LogP) is 2.79. The maximum Gasteiger partial charge on any atom is 0.230 e. The predicted molar refractivity (Wildman–Crippen MR) is 67.1 cm³/mol. The second kappa shape index (κ2) is 4.34. The molecule has 2 saturated carbocycles. The molecule has 98 valence electrons. The van der Waals surface area contributed by atoms with Crippen molar-refractivity contribution in [3.63, 3.8) is 0 Å². The van der Waals surface area contributed by atoms with Gasteiger partial charge >= 0.3 is 0 Å². The minimum atomic E-state index is 0.323. The minimum absolute atomic E-state index is 0.323. The smallest absolute Gasteiger partial charge is 0.230 e. The molecule has 0 amide bonds. The van der Waals surface area contributed by atoms with Crippen molar-refractivity contribution in [1.29, 1.82) is 0 Å². The summed E-state index contributed by atoms with van der Waals surface area (Å²) in [4.78, 5) is 4.68. The summed E-state index contributed by atoms with van der Waals surface area (Å²) in [5.74, 6) is 4.15. The van der Waals surface area contributed by atoms with Gasteiger partial charge in [-0.1, -0.05) is 24.4 Å². The first-order valence-electron chi connectivity index (χ1n) is 7.50. The highest BCUT2D eigenvalue weighted by Gasteiger charge is 2.56. The Bertz CT molecular complexity index is 412. The van der Waals surface area contributed by atoms with Crippen molar-refractivity contribution in [3.8, 4) is 0 Å². The fourth-order valence-corrected chi connectivity index (χ4v) is 3.96. The Kier molecular flexibility index (Phi) is 2.64. The third kappa shape index (κ3) is 1.78. The van der Waals surface area contributed by atoms with E-state index in [2.05, 4.69) is 15.5 Å². The fourth-order valence-electron chi connectivity index (χ4n) is 3.96. The third-order valence-electron chi connectivity index (χ3n) is 5.02. The van der Waals surface area contributed by atoms with Gasteiger partial charge in [0.15, 0.2) is 5.82 Å². The van der Waals surface area contributed by atoms with Crippen LogP contribution >= 0.6 is 0 Å². The second-order valence-corrected chi connectivity index (χ2v) is 6.13. The van der Waals surface area contributed by atoms with E-state index in [0.29, 0.717) is 12.0 Å². The van der Waals surface area contributed by atoms with Crippen LogP contribution in [0.25, 0.3) is 0 Å². The topological polar surface area (TPSA) is 51.0 Å². The van der Waals surface area contributed by atoms with Crippen molar-refractivity contribution in [2.75, 3.05) is 6.54 Å². The van der Waals surface area contributed by atoms with Crippen LogP contribution in [-0.4, -0.2) is 16.7 Å². The van der Waals surface area contributed by atoms with E-state index in [1.807, 2.05) is 0 Å². The number of nitrogens with zero attached hydrogens (tertiary/aromatic N) is 2. The van der Waals surface area contributed by atoms with Gasteiger partial charge in [-0.15, -0.1) is 0 Å². The molecule has 2 aliphatic carbocycles. The molecule has 1 aliphatic heterocycles. The molecule has 1 aromatic heterocycles. The van der Waals surface area contributed by atoms with Gasteiger partial charge < -0.3 is 9.84 Å².